The first-order valence-corrected chi connectivity index (χ1v) is 5.92. The number of hydrogen-bond acceptors (Lipinski definition) is 1. The van der Waals surface area contributed by atoms with Gasteiger partial charge in [0.05, 0.1) is 11.0 Å². The van der Waals surface area contributed by atoms with Gasteiger partial charge in [-0.15, -0.1) is 0 Å². The van der Waals surface area contributed by atoms with Crippen LogP contribution < -0.4 is 5.57 Å². The Labute approximate surface area is 80.7 Å². The summed E-state index contributed by atoms with van der Waals surface area (Å²) in [7, 11) is 0.728. The van der Waals surface area contributed by atoms with Crippen LogP contribution in [0, 0.1) is 0 Å². The Morgan fingerprint density at radius 1 is 1.50 bits per heavy atom. The smallest absolute Gasteiger partial charge is 0.126 e. The van der Waals surface area contributed by atoms with Crippen molar-refractivity contribution in [3.05, 3.63) is 22.7 Å². The predicted molar refractivity (Wildman–Crippen MR) is 57.7 cm³/mol. The summed E-state index contributed by atoms with van der Waals surface area (Å²) < 4.78 is 1.09. The molecule has 0 aliphatic heterocycles. The predicted octanol–water partition coefficient (Wildman–Crippen LogP) is 2.26. The first kappa shape index (κ1) is 8.21. The molecule has 1 heterocycles. The summed E-state index contributed by atoms with van der Waals surface area (Å²) in [6.45, 7) is 2.12. The summed E-state index contributed by atoms with van der Waals surface area (Å²) in [5.41, 5.74) is 3.22. The lowest BCUT2D eigenvalue weighted by molar-refractivity contribution is 1.44. The molecule has 62 valence electrons. The van der Waals surface area contributed by atoms with Gasteiger partial charge in [-0.2, -0.15) is 0 Å². The van der Waals surface area contributed by atoms with Gasteiger partial charge in [-0.05, 0) is 24.9 Å². The molecule has 1 aromatic carbocycles. The highest BCUT2D eigenvalue weighted by Gasteiger charge is 1.99. The number of nitrogens with zero attached hydrogens (tertiary/aromatic N) is 1. The lowest BCUT2D eigenvalue weighted by Crippen LogP contribution is -1.95. The van der Waals surface area contributed by atoms with E-state index in [1.807, 2.05) is 18.2 Å². The Kier molecular flexibility index (Phi) is 2.16. The largest absolute Gasteiger partial charge is 0.338 e. The summed E-state index contributed by atoms with van der Waals surface area (Å²) in [6, 6.07) is 6.07. The van der Waals surface area contributed by atoms with Crippen LogP contribution in [-0.4, -0.2) is 16.6 Å². The topological polar surface area (TPSA) is 28.7 Å². The Balaban J connectivity index is 2.67. The number of aromatic nitrogens is 2. The Morgan fingerprint density at radius 2 is 2.33 bits per heavy atom. The molecular weight excluding hydrogens is 235 g/mol. The molecule has 1 N–H and O–H groups in total. The number of halogens is 1. The van der Waals surface area contributed by atoms with Crippen molar-refractivity contribution >= 4 is 41.1 Å². The van der Waals surface area contributed by atoms with Crippen molar-refractivity contribution in [1.29, 1.82) is 0 Å². The van der Waals surface area contributed by atoms with E-state index in [-0.39, 0.29) is 0 Å². The van der Waals surface area contributed by atoms with E-state index in [2.05, 4.69) is 32.6 Å². The Hall–Kier alpha value is -0.400. The maximum absolute atomic E-state index is 4.41. The highest BCUT2D eigenvalue weighted by molar-refractivity contribution is 9.10. The van der Waals surface area contributed by atoms with Crippen LogP contribution >= 0.6 is 24.5 Å². The standard InChI is InChI=1S/C8H8BrN2P/c1-12-8-10-6-3-2-5(9)4-7(6)11-8/h2-4,12H,1H3,(H,10,11). The van der Waals surface area contributed by atoms with Crippen LogP contribution in [0.25, 0.3) is 11.0 Å². The van der Waals surface area contributed by atoms with Gasteiger partial charge in [0.15, 0.2) is 0 Å². The van der Waals surface area contributed by atoms with E-state index in [0.717, 1.165) is 29.7 Å². The van der Waals surface area contributed by atoms with E-state index in [1.165, 1.54) is 0 Å². The van der Waals surface area contributed by atoms with Crippen LogP contribution in [-0.2, 0) is 0 Å². The average molecular weight is 243 g/mol. The minimum atomic E-state index is 0.728. The van der Waals surface area contributed by atoms with Gasteiger partial charge in [0.2, 0.25) is 0 Å². The molecule has 1 atom stereocenters. The van der Waals surface area contributed by atoms with Crippen LogP contribution in [0.1, 0.15) is 0 Å². The van der Waals surface area contributed by atoms with Crippen molar-refractivity contribution in [2.75, 3.05) is 6.66 Å². The fraction of sp³-hybridized carbons (Fsp3) is 0.125. The molecular formula is C8H8BrN2P. The van der Waals surface area contributed by atoms with Crippen LogP contribution in [0.4, 0.5) is 0 Å². The monoisotopic (exact) mass is 242 g/mol. The first-order valence-electron chi connectivity index (χ1n) is 3.62. The van der Waals surface area contributed by atoms with Gasteiger partial charge in [-0.1, -0.05) is 24.5 Å². The zero-order valence-electron chi connectivity index (χ0n) is 6.56. The van der Waals surface area contributed by atoms with Crippen LogP contribution in [0.2, 0.25) is 0 Å². The van der Waals surface area contributed by atoms with Gasteiger partial charge in [-0.25, -0.2) is 4.98 Å². The summed E-state index contributed by atoms with van der Waals surface area (Å²) in [6.07, 6.45) is 0. The molecule has 0 bridgehead atoms. The van der Waals surface area contributed by atoms with Crippen molar-refractivity contribution in [3.63, 3.8) is 0 Å². The third-order valence-corrected chi connectivity index (χ3v) is 2.88. The molecule has 0 radical (unpaired) electrons. The summed E-state index contributed by atoms with van der Waals surface area (Å²) in [4.78, 5) is 7.67. The van der Waals surface area contributed by atoms with Gasteiger partial charge in [0.1, 0.15) is 5.57 Å². The number of hydrogen-bond donors (Lipinski definition) is 1. The number of H-pyrrole nitrogens is 1. The van der Waals surface area contributed by atoms with E-state index >= 15 is 0 Å². The molecule has 0 saturated heterocycles. The lowest BCUT2D eigenvalue weighted by Gasteiger charge is -1.87. The molecule has 0 amide bonds. The SMILES string of the molecule is CPc1nc2ccc(Br)cc2[nH]1. The molecule has 0 saturated carbocycles. The quantitative estimate of drug-likeness (QED) is 0.764. The van der Waals surface area contributed by atoms with Gasteiger partial charge in [0, 0.05) is 4.47 Å². The van der Waals surface area contributed by atoms with Crippen LogP contribution in [0.15, 0.2) is 22.7 Å². The third-order valence-electron chi connectivity index (χ3n) is 1.68. The number of imidazole rings is 1. The molecule has 4 heteroatoms. The molecule has 1 aromatic heterocycles. The second-order valence-corrected chi connectivity index (χ2v) is 4.39. The molecule has 0 spiro atoms. The number of aromatic amines is 1. The highest BCUT2D eigenvalue weighted by atomic mass is 79.9. The van der Waals surface area contributed by atoms with E-state index in [9.17, 15) is 0 Å². The number of rotatable bonds is 1. The maximum Gasteiger partial charge on any atom is 0.126 e. The molecule has 0 aliphatic rings. The molecule has 2 aromatic rings. The Morgan fingerprint density at radius 3 is 3.08 bits per heavy atom. The van der Waals surface area contributed by atoms with Gasteiger partial charge in [-0.3, -0.25) is 0 Å². The number of nitrogens with one attached hydrogen (secondary N) is 1. The van der Waals surface area contributed by atoms with E-state index in [0.29, 0.717) is 0 Å². The van der Waals surface area contributed by atoms with E-state index in [1.54, 1.807) is 0 Å². The zero-order chi connectivity index (χ0) is 8.55. The minimum Gasteiger partial charge on any atom is -0.338 e. The van der Waals surface area contributed by atoms with Gasteiger partial charge >= 0.3 is 0 Å². The minimum absolute atomic E-state index is 0.728. The molecule has 2 rings (SSSR count). The highest BCUT2D eigenvalue weighted by Crippen LogP contribution is 2.16. The summed E-state index contributed by atoms with van der Waals surface area (Å²) in [5.74, 6) is 0. The molecule has 1 unspecified atom stereocenters. The van der Waals surface area contributed by atoms with Crippen LogP contribution in [0.5, 0.6) is 0 Å². The summed E-state index contributed by atoms with van der Waals surface area (Å²) in [5, 5.41) is 0. The van der Waals surface area contributed by atoms with E-state index in [4.69, 9.17) is 0 Å². The molecule has 0 fully saturated rings. The molecule has 0 aliphatic carbocycles. The fourth-order valence-electron chi connectivity index (χ4n) is 1.10. The van der Waals surface area contributed by atoms with Crippen molar-refractivity contribution in [2.45, 2.75) is 0 Å². The fourth-order valence-corrected chi connectivity index (χ4v) is 1.95. The number of benzene rings is 1. The van der Waals surface area contributed by atoms with Gasteiger partial charge in [0.25, 0.3) is 0 Å². The van der Waals surface area contributed by atoms with Crippen molar-refractivity contribution in [3.8, 4) is 0 Å². The summed E-state index contributed by atoms with van der Waals surface area (Å²) >= 11 is 3.42. The lowest BCUT2D eigenvalue weighted by atomic mass is 10.3. The van der Waals surface area contributed by atoms with Crippen molar-refractivity contribution in [2.24, 2.45) is 0 Å². The first-order chi connectivity index (χ1) is 5.79. The zero-order valence-corrected chi connectivity index (χ0v) is 9.14. The van der Waals surface area contributed by atoms with Crippen molar-refractivity contribution < 1.29 is 0 Å². The second-order valence-electron chi connectivity index (χ2n) is 2.50. The number of fused-ring (bicyclic) bond motifs is 1. The Bertz CT molecular complexity index is 410. The van der Waals surface area contributed by atoms with Crippen molar-refractivity contribution in [1.82, 2.24) is 9.97 Å². The van der Waals surface area contributed by atoms with Crippen LogP contribution in [0.3, 0.4) is 0 Å². The third kappa shape index (κ3) is 1.39. The molecule has 12 heavy (non-hydrogen) atoms. The second kappa shape index (κ2) is 3.15. The van der Waals surface area contributed by atoms with E-state index < -0.39 is 0 Å². The maximum atomic E-state index is 4.41. The normalized spacial score (nSPS) is 11.8. The molecule has 2 nitrogen and oxygen atoms in total. The average Bonchev–Trinajstić information content (AvgIpc) is 2.46. The van der Waals surface area contributed by atoms with Gasteiger partial charge < -0.3 is 4.98 Å².